The molecule has 0 unspecified atom stereocenters. The van der Waals surface area contributed by atoms with Crippen molar-refractivity contribution in [2.24, 2.45) is 0 Å². The molecule has 9 heteroatoms. The number of nitrogens with one attached hydrogen (secondary N) is 1. The second kappa shape index (κ2) is 8.77. The molecule has 0 bridgehead atoms. The van der Waals surface area contributed by atoms with Gasteiger partial charge in [0.25, 0.3) is 0 Å². The number of fused-ring (bicyclic) bond motifs is 1. The van der Waals surface area contributed by atoms with E-state index in [-0.39, 0.29) is 5.69 Å². The summed E-state index contributed by atoms with van der Waals surface area (Å²) in [6.45, 7) is 5.00. The Morgan fingerprint density at radius 2 is 1.97 bits per heavy atom. The average Bonchev–Trinajstić information content (AvgIpc) is 3.06. The van der Waals surface area contributed by atoms with Gasteiger partial charge in [0.15, 0.2) is 11.5 Å². The molecule has 0 aliphatic rings. The molecule has 31 heavy (non-hydrogen) atoms. The molecule has 4 aromatic rings. The first-order valence-electron chi connectivity index (χ1n) is 9.62. The molecule has 7 nitrogen and oxygen atoms in total. The lowest BCUT2D eigenvalue weighted by Gasteiger charge is -2.14. The molecule has 4 rings (SSSR count). The number of rotatable bonds is 7. The van der Waals surface area contributed by atoms with E-state index in [2.05, 4.69) is 20.3 Å². The van der Waals surface area contributed by atoms with E-state index in [1.165, 1.54) is 12.4 Å². The molecule has 2 aromatic carbocycles. The molecule has 0 spiro atoms. The summed E-state index contributed by atoms with van der Waals surface area (Å²) in [5, 5.41) is 3.98. The maximum absolute atomic E-state index is 14.2. The van der Waals surface area contributed by atoms with E-state index in [0.717, 1.165) is 11.5 Å². The third-order valence-electron chi connectivity index (χ3n) is 4.79. The van der Waals surface area contributed by atoms with Crippen LogP contribution in [0.25, 0.3) is 10.9 Å². The zero-order valence-electron chi connectivity index (χ0n) is 17.3. The number of ether oxygens (including phenoxy) is 2. The highest BCUT2D eigenvalue weighted by molar-refractivity contribution is 6.30. The summed E-state index contributed by atoms with van der Waals surface area (Å²) in [4.78, 5) is 13.0. The minimum Gasteiger partial charge on any atom is -0.493 e. The number of hydrogen-bond acceptors (Lipinski definition) is 6. The maximum atomic E-state index is 14.2. The fourth-order valence-corrected chi connectivity index (χ4v) is 3.46. The second-order valence-corrected chi connectivity index (χ2v) is 7.40. The van der Waals surface area contributed by atoms with Gasteiger partial charge in [0.2, 0.25) is 0 Å². The van der Waals surface area contributed by atoms with Crippen molar-refractivity contribution in [3.05, 3.63) is 65.2 Å². The minimum absolute atomic E-state index is 0.259. The van der Waals surface area contributed by atoms with Gasteiger partial charge < -0.3 is 19.4 Å². The van der Waals surface area contributed by atoms with Crippen LogP contribution in [0.4, 0.5) is 15.9 Å². The Balaban J connectivity index is 1.59. The van der Waals surface area contributed by atoms with Gasteiger partial charge in [0.05, 0.1) is 30.6 Å². The predicted octanol–water partition coefficient (Wildman–Crippen LogP) is 5.07. The van der Waals surface area contributed by atoms with Gasteiger partial charge in [-0.2, -0.15) is 0 Å². The molecule has 0 saturated heterocycles. The number of aromatic nitrogens is 4. The second-order valence-electron chi connectivity index (χ2n) is 6.96. The van der Waals surface area contributed by atoms with Crippen molar-refractivity contribution in [2.75, 3.05) is 19.0 Å². The maximum Gasteiger partial charge on any atom is 0.163 e. The molecule has 0 aliphatic heterocycles. The Morgan fingerprint density at radius 1 is 1.13 bits per heavy atom. The lowest BCUT2D eigenvalue weighted by Crippen LogP contribution is -2.09. The van der Waals surface area contributed by atoms with Crippen molar-refractivity contribution in [2.45, 2.75) is 20.4 Å². The molecule has 0 radical (unpaired) electrons. The summed E-state index contributed by atoms with van der Waals surface area (Å²) < 4.78 is 27.7. The number of benzene rings is 2. The van der Waals surface area contributed by atoms with Gasteiger partial charge in [0, 0.05) is 22.7 Å². The molecule has 0 amide bonds. The van der Waals surface area contributed by atoms with Crippen LogP contribution >= 0.6 is 11.6 Å². The first kappa shape index (κ1) is 20.9. The van der Waals surface area contributed by atoms with Crippen LogP contribution in [0, 0.1) is 19.7 Å². The minimum atomic E-state index is -0.476. The first-order chi connectivity index (χ1) is 14.9. The van der Waals surface area contributed by atoms with E-state index in [1.54, 1.807) is 31.4 Å². The van der Waals surface area contributed by atoms with Gasteiger partial charge in [-0.05, 0) is 38.1 Å². The Morgan fingerprint density at radius 3 is 2.68 bits per heavy atom. The normalized spacial score (nSPS) is 11.0. The summed E-state index contributed by atoms with van der Waals surface area (Å²) in [5.74, 6) is 1.99. The molecular formula is C22H21ClFN5O2. The Hall–Kier alpha value is -3.39. The third-order valence-corrected chi connectivity index (χ3v) is 5.03. The van der Waals surface area contributed by atoms with Crippen molar-refractivity contribution in [1.82, 2.24) is 19.5 Å². The van der Waals surface area contributed by atoms with Crippen LogP contribution < -0.4 is 14.8 Å². The summed E-state index contributed by atoms with van der Waals surface area (Å²) in [7, 11) is 1.56. The van der Waals surface area contributed by atoms with Crippen molar-refractivity contribution in [1.29, 1.82) is 0 Å². The zero-order valence-corrected chi connectivity index (χ0v) is 18.1. The fourth-order valence-electron chi connectivity index (χ4n) is 3.30. The quantitative estimate of drug-likeness (QED) is 0.431. The lowest BCUT2D eigenvalue weighted by atomic mass is 10.2. The largest absolute Gasteiger partial charge is 0.493 e. The highest BCUT2D eigenvalue weighted by Crippen LogP contribution is 2.35. The van der Waals surface area contributed by atoms with Crippen LogP contribution in [0.1, 0.15) is 11.5 Å². The molecule has 0 fully saturated rings. The Bertz CT molecular complexity index is 1240. The first-order valence-corrected chi connectivity index (χ1v) is 10.0. The van der Waals surface area contributed by atoms with E-state index in [4.69, 9.17) is 21.1 Å². The van der Waals surface area contributed by atoms with E-state index in [1.807, 2.05) is 24.6 Å². The Labute approximate surface area is 183 Å². The van der Waals surface area contributed by atoms with E-state index in [9.17, 15) is 4.39 Å². The van der Waals surface area contributed by atoms with Crippen LogP contribution in [-0.2, 0) is 6.54 Å². The number of anilines is 2. The van der Waals surface area contributed by atoms with Crippen LogP contribution in [-0.4, -0.2) is 33.2 Å². The van der Waals surface area contributed by atoms with E-state index >= 15 is 0 Å². The number of nitrogens with zero attached hydrogens (tertiary/aromatic N) is 4. The number of aryl methyl sites for hydroxylation is 2. The topological polar surface area (TPSA) is 74.1 Å². The van der Waals surface area contributed by atoms with Crippen LogP contribution in [0.5, 0.6) is 11.5 Å². The molecule has 0 atom stereocenters. The fraction of sp³-hybridized carbons (Fsp3) is 0.227. The van der Waals surface area contributed by atoms with Crippen molar-refractivity contribution < 1.29 is 13.9 Å². The van der Waals surface area contributed by atoms with Crippen LogP contribution in [0.2, 0.25) is 5.02 Å². The van der Waals surface area contributed by atoms with Gasteiger partial charge in [-0.3, -0.25) is 0 Å². The molecule has 2 heterocycles. The molecular weight excluding hydrogens is 421 g/mol. The molecule has 1 N–H and O–H groups in total. The summed E-state index contributed by atoms with van der Waals surface area (Å²) in [6, 6.07) is 7.95. The van der Waals surface area contributed by atoms with Gasteiger partial charge in [-0.15, -0.1) is 0 Å². The highest BCUT2D eigenvalue weighted by Gasteiger charge is 2.13. The summed E-state index contributed by atoms with van der Waals surface area (Å²) >= 11 is 5.83. The van der Waals surface area contributed by atoms with Crippen molar-refractivity contribution in [3.63, 3.8) is 0 Å². The van der Waals surface area contributed by atoms with Gasteiger partial charge in [-0.25, -0.2) is 19.3 Å². The molecule has 0 aliphatic carbocycles. The highest BCUT2D eigenvalue weighted by atomic mass is 35.5. The van der Waals surface area contributed by atoms with Crippen molar-refractivity contribution in [3.8, 4) is 11.5 Å². The number of methoxy groups -OCH3 is 1. The molecule has 160 valence electrons. The molecule has 0 saturated carbocycles. The monoisotopic (exact) mass is 441 g/mol. The van der Waals surface area contributed by atoms with E-state index in [0.29, 0.717) is 46.4 Å². The van der Waals surface area contributed by atoms with Crippen LogP contribution in [0.3, 0.4) is 0 Å². The van der Waals surface area contributed by atoms with E-state index < -0.39 is 5.82 Å². The van der Waals surface area contributed by atoms with Crippen LogP contribution in [0.15, 0.2) is 42.9 Å². The zero-order chi connectivity index (χ0) is 22.0. The smallest absolute Gasteiger partial charge is 0.163 e. The standard InChI is InChI=1S/C22H21ClFN5O2/c1-13-11-29(14(2)27-13)6-7-31-21-10-19-16(9-20(21)30-3)22(26-12-25-19)28-18-5-4-15(23)8-17(18)24/h4-5,8-12H,6-7H2,1-3H3,(H,25,26,28). The third kappa shape index (κ3) is 4.54. The molecule has 2 aromatic heterocycles. The number of imidazole rings is 1. The summed E-state index contributed by atoms with van der Waals surface area (Å²) in [5.41, 5.74) is 1.86. The summed E-state index contributed by atoms with van der Waals surface area (Å²) in [6.07, 6.45) is 3.39. The van der Waals surface area contributed by atoms with Gasteiger partial charge in [-0.1, -0.05) is 11.6 Å². The van der Waals surface area contributed by atoms with Crippen molar-refractivity contribution >= 4 is 34.0 Å². The lowest BCUT2D eigenvalue weighted by molar-refractivity contribution is 0.279. The van der Waals surface area contributed by atoms with Gasteiger partial charge >= 0.3 is 0 Å². The average molecular weight is 442 g/mol. The SMILES string of the molecule is COc1cc2c(Nc3ccc(Cl)cc3F)ncnc2cc1OCCn1cc(C)nc1C. The predicted molar refractivity (Wildman–Crippen MR) is 118 cm³/mol. The Kier molecular flexibility index (Phi) is 5.90. The number of halogens is 2. The number of hydrogen-bond donors (Lipinski definition) is 1. The van der Waals surface area contributed by atoms with Gasteiger partial charge in [0.1, 0.15) is 30.4 Å².